The van der Waals surface area contributed by atoms with Gasteiger partial charge in [0.15, 0.2) is 12.2 Å². The summed E-state index contributed by atoms with van der Waals surface area (Å²) in [5.74, 6) is -0.625. The molecule has 0 bridgehead atoms. The first kappa shape index (κ1) is 84.1. The van der Waals surface area contributed by atoms with Gasteiger partial charge in [0.2, 0.25) is 0 Å². The molecule has 0 saturated carbocycles. The standard InChI is InChI=1S/C67H130O17P2/c1-7-9-11-13-14-15-16-17-18-22-27-32-38-44-50-65(70)78-56-63(84-66(71)51-45-39-33-28-23-20-19-21-25-30-36-41-47-59(3)4)58-82-86(75,76)80-54-61(68)53-79-85(73,74)81-57-62(55-77-64(69)49-43-35-12-10-8-2)83-67(72)52-46-40-34-29-24-26-31-37-42-48-60(5)6/h59-63,68H,7-58H2,1-6H3,(H,73,74)(H,75,76)/t61-,62+,63+/m0/s1. The highest BCUT2D eigenvalue weighted by Crippen LogP contribution is 2.45. The Bertz CT molecular complexity index is 1680. The summed E-state index contributed by atoms with van der Waals surface area (Å²) in [5, 5.41) is 10.5. The van der Waals surface area contributed by atoms with E-state index in [2.05, 4.69) is 41.5 Å². The minimum Gasteiger partial charge on any atom is -0.462 e. The van der Waals surface area contributed by atoms with E-state index >= 15 is 0 Å². The molecule has 0 aromatic carbocycles. The fourth-order valence-electron chi connectivity index (χ4n) is 10.1. The van der Waals surface area contributed by atoms with E-state index in [1.54, 1.807) is 0 Å². The van der Waals surface area contributed by atoms with Crippen molar-refractivity contribution >= 4 is 39.5 Å². The van der Waals surface area contributed by atoms with Gasteiger partial charge in [0.1, 0.15) is 19.3 Å². The van der Waals surface area contributed by atoms with Crippen LogP contribution in [0.15, 0.2) is 0 Å². The molecule has 0 aliphatic carbocycles. The summed E-state index contributed by atoms with van der Waals surface area (Å²) in [6, 6.07) is 0. The minimum atomic E-state index is -4.95. The van der Waals surface area contributed by atoms with Crippen LogP contribution in [0.3, 0.4) is 0 Å². The first-order valence-corrected chi connectivity index (χ1v) is 38.0. The first-order chi connectivity index (χ1) is 41.4. The summed E-state index contributed by atoms with van der Waals surface area (Å²) >= 11 is 0. The molecule has 5 atom stereocenters. The Hall–Kier alpha value is -1.94. The molecule has 0 spiro atoms. The lowest BCUT2D eigenvalue weighted by atomic mass is 10.0. The van der Waals surface area contributed by atoms with Crippen LogP contribution in [0, 0.1) is 11.8 Å². The molecular formula is C67H130O17P2. The second-order valence-corrected chi connectivity index (χ2v) is 28.1. The second-order valence-electron chi connectivity index (χ2n) is 25.2. The molecule has 86 heavy (non-hydrogen) atoms. The van der Waals surface area contributed by atoms with Gasteiger partial charge in [-0.1, -0.05) is 286 Å². The zero-order chi connectivity index (χ0) is 63.6. The number of unbranched alkanes of at least 4 members (excludes halogenated alkanes) is 36. The third kappa shape index (κ3) is 60.9. The molecule has 0 saturated heterocycles. The third-order valence-electron chi connectivity index (χ3n) is 15.5. The Balaban J connectivity index is 5.17. The smallest absolute Gasteiger partial charge is 0.462 e. The van der Waals surface area contributed by atoms with Crippen molar-refractivity contribution in [2.45, 2.75) is 355 Å². The maximum absolute atomic E-state index is 13.0. The lowest BCUT2D eigenvalue weighted by Crippen LogP contribution is -2.30. The van der Waals surface area contributed by atoms with Crippen molar-refractivity contribution < 1.29 is 80.2 Å². The van der Waals surface area contributed by atoms with Crippen molar-refractivity contribution in [1.29, 1.82) is 0 Å². The van der Waals surface area contributed by atoms with Crippen LogP contribution in [0.1, 0.15) is 337 Å². The maximum atomic E-state index is 13.0. The van der Waals surface area contributed by atoms with E-state index in [-0.39, 0.29) is 25.7 Å². The Morgan fingerprint density at radius 3 is 0.791 bits per heavy atom. The third-order valence-corrected chi connectivity index (χ3v) is 17.4. The van der Waals surface area contributed by atoms with Crippen molar-refractivity contribution in [1.82, 2.24) is 0 Å². The van der Waals surface area contributed by atoms with E-state index in [9.17, 15) is 43.2 Å². The van der Waals surface area contributed by atoms with E-state index in [4.69, 9.17) is 37.0 Å². The van der Waals surface area contributed by atoms with Gasteiger partial charge in [-0.15, -0.1) is 0 Å². The Labute approximate surface area is 524 Å². The molecule has 0 aromatic heterocycles. The van der Waals surface area contributed by atoms with Crippen LogP contribution in [0.5, 0.6) is 0 Å². The van der Waals surface area contributed by atoms with Crippen LogP contribution < -0.4 is 0 Å². The van der Waals surface area contributed by atoms with Gasteiger partial charge in [-0.3, -0.25) is 37.3 Å². The number of ether oxygens (including phenoxy) is 4. The number of rotatable bonds is 66. The fraction of sp³-hybridized carbons (Fsp3) is 0.940. The largest absolute Gasteiger partial charge is 0.472 e. The van der Waals surface area contributed by atoms with E-state index in [1.807, 2.05) is 0 Å². The molecule has 2 unspecified atom stereocenters. The zero-order valence-electron chi connectivity index (χ0n) is 55.6. The fourth-order valence-corrected chi connectivity index (χ4v) is 11.6. The number of phosphoric acid groups is 2. The number of carbonyl (C=O) groups excluding carboxylic acids is 4. The lowest BCUT2D eigenvalue weighted by Gasteiger charge is -2.21. The van der Waals surface area contributed by atoms with Gasteiger partial charge in [0.25, 0.3) is 0 Å². The van der Waals surface area contributed by atoms with Gasteiger partial charge < -0.3 is 33.8 Å². The highest BCUT2D eigenvalue weighted by Gasteiger charge is 2.30. The first-order valence-electron chi connectivity index (χ1n) is 35.0. The van der Waals surface area contributed by atoms with E-state index in [0.717, 1.165) is 108 Å². The molecule has 0 heterocycles. The van der Waals surface area contributed by atoms with Gasteiger partial charge in [-0.25, -0.2) is 9.13 Å². The van der Waals surface area contributed by atoms with Gasteiger partial charge >= 0.3 is 39.5 Å². The molecule has 510 valence electrons. The normalized spacial score (nSPS) is 14.2. The summed E-state index contributed by atoms with van der Waals surface area (Å²) in [6.07, 6.45) is 43.4. The van der Waals surface area contributed by atoms with Crippen LogP contribution >= 0.6 is 15.6 Å². The molecule has 0 amide bonds. The Morgan fingerprint density at radius 1 is 0.314 bits per heavy atom. The minimum absolute atomic E-state index is 0.104. The summed E-state index contributed by atoms with van der Waals surface area (Å²) in [6.45, 7) is 9.42. The second kappa shape index (κ2) is 59.4. The van der Waals surface area contributed by atoms with Gasteiger partial charge in [0.05, 0.1) is 26.4 Å². The van der Waals surface area contributed by atoms with E-state index < -0.39 is 97.5 Å². The van der Waals surface area contributed by atoms with Crippen LogP contribution in [0.2, 0.25) is 0 Å². The van der Waals surface area contributed by atoms with Crippen LogP contribution in [-0.4, -0.2) is 96.7 Å². The van der Waals surface area contributed by atoms with Crippen molar-refractivity contribution in [3.8, 4) is 0 Å². The number of esters is 4. The summed E-state index contributed by atoms with van der Waals surface area (Å²) < 4.78 is 68.0. The van der Waals surface area contributed by atoms with Gasteiger partial charge in [-0.05, 0) is 37.5 Å². The number of hydrogen-bond acceptors (Lipinski definition) is 15. The van der Waals surface area contributed by atoms with Gasteiger partial charge in [0, 0.05) is 25.7 Å². The molecule has 0 rings (SSSR count). The Morgan fingerprint density at radius 2 is 0.535 bits per heavy atom. The number of phosphoric ester groups is 2. The average molecular weight is 1270 g/mol. The topological polar surface area (TPSA) is 237 Å². The summed E-state index contributed by atoms with van der Waals surface area (Å²) in [7, 11) is -9.89. The van der Waals surface area contributed by atoms with Crippen LogP contribution in [0.25, 0.3) is 0 Å². The van der Waals surface area contributed by atoms with E-state index in [1.165, 1.54) is 148 Å². The molecule has 0 aromatic rings. The number of carbonyl (C=O) groups is 4. The number of aliphatic hydroxyl groups excluding tert-OH is 1. The maximum Gasteiger partial charge on any atom is 0.472 e. The summed E-state index contributed by atoms with van der Waals surface area (Å²) in [5.41, 5.74) is 0. The van der Waals surface area contributed by atoms with Crippen molar-refractivity contribution in [2.24, 2.45) is 11.8 Å². The monoisotopic (exact) mass is 1270 g/mol. The van der Waals surface area contributed by atoms with Crippen molar-refractivity contribution in [3.05, 3.63) is 0 Å². The van der Waals surface area contributed by atoms with Crippen LogP contribution in [-0.2, 0) is 65.4 Å². The molecule has 3 N–H and O–H groups in total. The predicted octanol–water partition coefficient (Wildman–Crippen LogP) is 18.8. The van der Waals surface area contributed by atoms with Crippen LogP contribution in [0.4, 0.5) is 0 Å². The predicted molar refractivity (Wildman–Crippen MR) is 345 cm³/mol. The highest BCUT2D eigenvalue weighted by atomic mass is 31.2. The summed E-state index contributed by atoms with van der Waals surface area (Å²) in [4.78, 5) is 72.1. The molecule has 0 aliphatic rings. The quantitative estimate of drug-likeness (QED) is 0.0222. The molecule has 19 heteroatoms. The molecular weight excluding hydrogens is 1140 g/mol. The Kier molecular flexibility index (Phi) is 58.0. The lowest BCUT2D eigenvalue weighted by molar-refractivity contribution is -0.161. The number of aliphatic hydroxyl groups is 1. The molecule has 0 aliphatic heterocycles. The average Bonchev–Trinajstić information content (AvgIpc) is 3.61. The molecule has 17 nitrogen and oxygen atoms in total. The highest BCUT2D eigenvalue weighted by molar-refractivity contribution is 7.47. The van der Waals surface area contributed by atoms with Gasteiger partial charge in [-0.2, -0.15) is 0 Å². The molecule has 0 radical (unpaired) electrons. The van der Waals surface area contributed by atoms with E-state index in [0.29, 0.717) is 25.7 Å². The zero-order valence-corrected chi connectivity index (χ0v) is 57.4. The SMILES string of the molecule is CCCCCCCCCCCCCCCCC(=O)OC[C@H](COP(=O)(O)OC[C@@H](O)COP(=O)(O)OC[C@@H](COC(=O)CCCCCCC)OC(=O)CCCCCCCCCCCC(C)C)OC(=O)CCCCCCCCCCCCCCC(C)C. The van der Waals surface area contributed by atoms with Crippen molar-refractivity contribution in [3.63, 3.8) is 0 Å². The number of hydrogen-bond donors (Lipinski definition) is 3. The molecule has 0 fully saturated rings. The van der Waals surface area contributed by atoms with Crippen molar-refractivity contribution in [2.75, 3.05) is 39.6 Å².